The molecule has 2 heteroatoms. The molecule has 2 rings (SSSR count). The van der Waals surface area contributed by atoms with Crippen LogP contribution in [-0.2, 0) is 0 Å². The summed E-state index contributed by atoms with van der Waals surface area (Å²) in [6.45, 7) is 8.44. The minimum Gasteiger partial charge on any atom is -0.381 e. The highest BCUT2D eigenvalue weighted by Crippen LogP contribution is 2.37. The normalized spacial score (nSPS) is 22.6. The van der Waals surface area contributed by atoms with Gasteiger partial charge in [0.15, 0.2) is 0 Å². The van der Waals surface area contributed by atoms with E-state index in [1.807, 2.05) is 17.8 Å². The van der Waals surface area contributed by atoms with E-state index in [2.05, 4.69) is 50.0 Å². The van der Waals surface area contributed by atoms with Gasteiger partial charge >= 0.3 is 0 Å². The van der Waals surface area contributed by atoms with Crippen LogP contribution in [0.4, 0.5) is 5.69 Å². The highest BCUT2D eigenvalue weighted by atomic mass is 32.2. The van der Waals surface area contributed by atoms with Gasteiger partial charge in [-0.1, -0.05) is 32.1 Å². The molecule has 0 amide bonds. The largest absolute Gasteiger partial charge is 0.381 e. The van der Waals surface area contributed by atoms with Gasteiger partial charge in [0.25, 0.3) is 0 Å². The number of anilines is 1. The molecule has 1 N–H and O–H groups in total. The first-order valence-corrected chi connectivity index (χ1v) is 7.78. The number of rotatable bonds is 6. The van der Waals surface area contributed by atoms with Crippen molar-refractivity contribution in [2.24, 2.45) is 11.8 Å². The van der Waals surface area contributed by atoms with Crippen LogP contribution >= 0.6 is 11.8 Å². The van der Waals surface area contributed by atoms with Crippen molar-refractivity contribution in [1.29, 1.82) is 0 Å². The summed E-state index contributed by atoms with van der Waals surface area (Å²) in [6, 6.07) is 9.26. The Labute approximate surface area is 115 Å². The second kappa shape index (κ2) is 6.33. The molecule has 0 aliphatic heterocycles. The molecule has 1 fully saturated rings. The fourth-order valence-corrected chi connectivity index (χ4v) is 3.16. The number of hydrogen-bond acceptors (Lipinski definition) is 2. The van der Waals surface area contributed by atoms with Gasteiger partial charge in [-0.3, -0.25) is 0 Å². The predicted molar refractivity (Wildman–Crippen MR) is 82.3 cm³/mol. The Morgan fingerprint density at radius 2 is 2.11 bits per heavy atom. The van der Waals surface area contributed by atoms with Gasteiger partial charge in [0.05, 0.1) is 0 Å². The Morgan fingerprint density at radius 3 is 2.78 bits per heavy atom. The van der Waals surface area contributed by atoms with Gasteiger partial charge < -0.3 is 5.32 Å². The van der Waals surface area contributed by atoms with Crippen molar-refractivity contribution >= 4 is 17.4 Å². The van der Waals surface area contributed by atoms with Gasteiger partial charge in [-0.25, -0.2) is 0 Å². The molecule has 1 saturated carbocycles. The molecular weight excluding hydrogens is 238 g/mol. The molecule has 0 atom stereocenters. The molecule has 1 aliphatic carbocycles. The topological polar surface area (TPSA) is 12.0 Å². The van der Waals surface area contributed by atoms with Gasteiger partial charge in [-0.2, -0.15) is 0 Å². The standard InChI is InChI=1S/C16H23NS/c1-4-9-18-16-8-6-5-7-15(16)17-14-10-13(11-14)12(2)3/h4-8,12-14,17H,1,9-11H2,2-3H3. The number of para-hydroxylation sites is 1. The minimum atomic E-state index is 0.669. The summed E-state index contributed by atoms with van der Waals surface area (Å²) in [5.74, 6) is 2.71. The van der Waals surface area contributed by atoms with E-state index in [-0.39, 0.29) is 0 Å². The van der Waals surface area contributed by atoms with E-state index >= 15 is 0 Å². The smallest absolute Gasteiger partial charge is 0.0480 e. The first kappa shape index (κ1) is 13.5. The van der Waals surface area contributed by atoms with Gasteiger partial charge in [0, 0.05) is 22.4 Å². The van der Waals surface area contributed by atoms with Crippen molar-refractivity contribution in [3.63, 3.8) is 0 Å². The lowest BCUT2D eigenvalue weighted by atomic mass is 9.73. The van der Waals surface area contributed by atoms with Crippen molar-refractivity contribution in [2.75, 3.05) is 11.1 Å². The van der Waals surface area contributed by atoms with Gasteiger partial charge in [-0.15, -0.1) is 18.3 Å². The molecule has 0 radical (unpaired) electrons. The zero-order valence-corrected chi connectivity index (χ0v) is 12.2. The lowest BCUT2D eigenvalue weighted by Gasteiger charge is -2.39. The lowest BCUT2D eigenvalue weighted by molar-refractivity contribution is 0.211. The maximum Gasteiger partial charge on any atom is 0.0480 e. The molecule has 18 heavy (non-hydrogen) atoms. The second-order valence-corrected chi connectivity index (χ2v) is 6.47. The summed E-state index contributed by atoms with van der Waals surface area (Å²) in [5.41, 5.74) is 1.29. The molecule has 1 aromatic rings. The third-order valence-corrected chi connectivity index (χ3v) is 4.79. The van der Waals surface area contributed by atoms with E-state index in [4.69, 9.17) is 0 Å². The van der Waals surface area contributed by atoms with Crippen LogP contribution in [0.1, 0.15) is 26.7 Å². The van der Waals surface area contributed by atoms with Crippen LogP contribution in [0.2, 0.25) is 0 Å². The third-order valence-electron chi connectivity index (χ3n) is 3.72. The Morgan fingerprint density at radius 1 is 1.39 bits per heavy atom. The summed E-state index contributed by atoms with van der Waals surface area (Å²) >= 11 is 1.85. The van der Waals surface area contributed by atoms with Crippen LogP contribution in [0.3, 0.4) is 0 Å². The molecule has 1 nitrogen and oxygen atoms in total. The maximum absolute atomic E-state index is 3.78. The molecule has 0 saturated heterocycles. The van der Waals surface area contributed by atoms with Crippen LogP contribution in [0.5, 0.6) is 0 Å². The molecule has 0 heterocycles. The predicted octanol–water partition coefficient (Wildman–Crippen LogP) is 4.81. The fraction of sp³-hybridized carbons (Fsp3) is 0.500. The van der Waals surface area contributed by atoms with Crippen molar-refractivity contribution in [2.45, 2.75) is 37.6 Å². The molecule has 1 aromatic carbocycles. The number of hydrogen-bond donors (Lipinski definition) is 1. The van der Waals surface area contributed by atoms with E-state index < -0.39 is 0 Å². The molecule has 1 aliphatic rings. The monoisotopic (exact) mass is 261 g/mol. The van der Waals surface area contributed by atoms with Crippen LogP contribution in [0.15, 0.2) is 41.8 Å². The van der Waals surface area contributed by atoms with Crippen LogP contribution in [0.25, 0.3) is 0 Å². The fourth-order valence-electron chi connectivity index (χ4n) is 2.40. The maximum atomic E-state index is 3.78. The number of benzene rings is 1. The Balaban J connectivity index is 1.91. The highest BCUT2D eigenvalue weighted by molar-refractivity contribution is 7.99. The van der Waals surface area contributed by atoms with E-state index in [0.717, 1.165) is 17.6 Å². The Hall–Kier alpha value is -0.890. The van der Waals surface area contributed by atoms with Crippen molar-refractivity contribution in [3.8, 4) is 0 Å². The lowest BCUT2D eigenvalue weighted by Crippen LogP contribution is -2.38. The second-order valence-electron chi connectivity index (χ2n) is 5.41. The number of thioether (sulfide) groups is 1. The highest BCUT2D eigenvalue weighted by Gasteiger charge is 2.31. The minimum absolute atomic E-state index is 0.669. The average molecular weight is 261 g/mol. The quantitative estimate of drug-likeness (QED) is 0.582. The van der Waals surface area contributed by atoms with Crippen molar-refractivity contribution in [3.05, 3.63) is 36.9 Å². The van der Waals surface area contributed by atoms with Crippen LogP contribution in [0, 0.1) is 11.8 Å². The summed E-state index contributed by atoms with van der Waals surface area (Å²) in [7, 11) is 0. The number of nitrogens with one attached hydrogen (secondary N) is 1. The summed E-state index contributed by atoms with van der Waals surface area (Å²) in [4.78, 5) is 1.34. The molecule has 0 aromatic heterocycles. The van der Waals surface area contributed by atoms with Gasteiger partial charge in [0.2, 0.25) is 0 Å². The molecule has 98 valence electrons. The molecule has 0 bridgehead atoms. The van der Waals surface area contributed by atoms with E-state index in [0.29, 0.717) is 6.04 Å². The molecule has 0 spiro atoms. The summed E-state index contributed by atoms with van der Waals surface area (Å²) in [5, 5.41) is 3.69. The Bertz CT molecular complexity index is 394. The van der Waals surface area contributed by atoms with Crippen molar-refractivity contribution in [1.82, 2.24) is 0 Å². The first-order valence-electron chi connectivity index (χ1n) is 6.80. The summed E-state index contributed by atoms with van der Waals surface area (Å²) in [6.07, 6.45) is 4.59. The SMILES string of the molecule is C=CCSc1ccccc1NC1CC(C(C)C)C1. The molecular formula is C16H23NS. The first-order chi connectivity index (χ1) is 8.70. The van der Waals surface area contributed by atoms with Gasteiger partial charge in [0.1, 0.15) is 0 Å². The van der Waals surface area contributed by atoms with Crippen LogP contribution in [-0.4, -0.2) is 11.8 Å². The van der Waals surface area contributed by atoms with E-state index in [9.17, 15) is 0 Å². The van der Waals surface area contributed by atoms with Gasteiger partial charge in [-0.05, 0) is 36.8 Å². The van der Waals surface area contributed by atoms with E-state index in [1.54, 1.807) is 0 Å². The zero-order valence-electron chi connectivity index (χ0n) is 11.4. The third kappa shape index (κ3) is 3.32. The zero-order chi connectivity index (χ0) is 13.0. The molecule has 0 unspecified atom stereocenters. The average Bonchev–Trinajstić information content (AvgIpc) is 2.31. The van der Waals surface area contributed by atoms with E-state index in [1.165, 1.54) is 23.4 Å². The Kier molecular flexibility index (Phi) is 4.76. The van der Waals surface area contributed by atoms with Crippen molar-refractivity contribution < 1.29 is 0 Å². The van der Waals surface area contributed by atoms with Crippen LogP contribution < -0.4 is 5.32 Å². The summed E-state index contributed by atoms with van der Waals surface area (Å²) < 4.78 is 0.